The number of aromatic nitrogens is 5. The Bertz CT molecular complexity index is 479. The highest BCUT2D eigenvalue weighted by atomic mass is 32.2. The SMILES string of the molecule is Cc1cc(CSc2nnnn2CC(C)C)no1. The Kier molecular flexibility index (Phi) is 3.78. The molecule has 0 aromatic carbocycles. The summed E-state index contributed by atoms with van der Waals surface area (Å²) >= 11 is 1.57. The van der Waals surface area contributed by atoms with Crippen LogP contribution in [0.5, 0.6) is 0 Å². The summed E-state index contributed by atoms with van der Waals surface area (Å²) < 4.78 is 6.83. The summed E-state index contributed by atoms with van der Waals surface area (Å²) in [5.74, 6) is 2.06. The van der Waals surface area contributed by atoms with Gasteiger partial charge in [-0.3, -0.25) is 0 Å². The third-order valence-electron chi connectivity index (χ3n) is 2.06. The van der Waals surface area contributed by atoms with Crippen molar-refractivity contribution in [2.75, 3.05) is 0 Å². The van der Waals surface area contributed by atoms with Crippen LogP contribution < -0.4 is 0 Å². The second-order valence-electron chi connectivity index (χ2n) is 4.25. The molecule has 0 aliphatic carbocycles. The largest absolute Gasteiger partial charge is 0.361 e. The van der Waals surface area contributed by atoms with Gasteiger partial charge >= 0.3 is 0 Å². The number of nitrogens with zero attached hydrogens (tertiary/aromatic N) is 5. The van der Waals surface area contributed by atoms with Crippen LogP contribution in [0.2, 0.25) is 0 Å². The predicted molar refractivity (Wildman–Crippen MR) is 63.5 cm³/mol. The monoisotopic (exact) mass is 253 g/mol. The third-order valence-corrected chi connectivity index (χ3v) is 3.05. The van der Waals surface area contributed by atoms with Gasteiger partial charge in [-0.15, -0.1) is 5.10 Å². The second kappa shape index (κ2) is 5.31. The van der Waals surface area contributed by atoms with Crippen molar-refractivity contribution in [1.82, 2.24) is 25.4 Å². The lowest BCUT2D eigenvalue weighted by Crippen LogP contribution is -2.07. The van der Waals surface area contributed by atoms with Gasteiger partial charge in [-0.2, -0.15) is 0 Å². The van der Waals surface area contributed by atoms with Crippen molar-refractivity contribution in [2.24, 2.45) is 5.92 Å². The third kappa shape index (κ3) is 3.29. The number of aryl methyl sites for hydroxylation is 1. The van der Waals surface area contributed by atoms with Crippen LogP contribution in [-0.2, 0) is 12.3 Å². The van der Waals surface area contributed by atoms with Gasteiger partial charge in [0, 0.05) is 18.4 Å². The maximum atomic E-state index is 5.01. The van der Waals surface area contributed by atoms with Crippen LogP contribution in [0.4, 0.5) is 0 Å². The summed E-state index contributed by atoms with van der Waals surface area (Å²) in [4.78, 5) is 0. The fraction of sp³-hybridized carbons (Fsp3) is 0.600. The minimum absolute atomic E-state index is 0.521. The van der Waals surface area contributed by atoms with Gasteiger partial charge in [-0.1, -0.05) is 30.8 Å². The fourth-order valence-corrected chi connectivity index (χ4v) is 2.15. The zero-order valence-corrected chi connectivity index (χ0v) is 10.9. The molecule has 2 aromatic heterocycles. The standard InChI is InChI=1S/C10H15N5OS/c1-7(2)5-15-10(11-13-14-15)17-6-9-4-8(3)16-12-9/h4,7H,5-6H2,1-3H3. The van der Waals surface area contributed by atoms with Crippen molar-refractivity contribution >= 4 is 11.8 Å². The van der Waals surface area contributed by atoms with Crippen LogP contribution in [0.15, 0.2) is 15.7 Å². The van der Waals surface area contributed by atoms with E-state index >= 15 is 0 Å². The second-order valence-corrected chi connectivity index (χ2v) is 5.20. The Labute approximate surface area is 104 Å². The molecule has 0 saturated heterocycles. The van der Waals surface area contributed by atoms with E-state index in [9.17, 15) is 0 Å². The van der Waals surface area contributed by atoms with E-state index in [1.54, 1.807) is 11.8 Å². The van der Waals surface area contributed by atoms with Gasteiger partial charge in [-0.25, -0.2) is 4.68 Å². The minimum Gasteiger partial charge on any atom is -0.361 e. The molecule has 0 spiro atoms. The summed E-state index contributed by atoms with van der Waals surface area (Å²) in [7, 11) is 0. The molecule has 0 radical (unpaired) electrons. The molecule has 6 nitrogen and oxygen atoms in total. The molecular formula is C10H15N5OS. The average molecular weight is 253 g/mol. The van der Waals surface area contributed by atoms with Gasteiger partial charge in [0.15, 0.2) is 0 Å². The average Bonchev–Trinajstić information content (AvgIpc) is 2.84. The highest BCUT2D eigenvalue weighted by Crippen LogP contribution is 2.20. The molecule has 7 heteroatoms. The Balaban J connectivity index is 1.97. The molecule has 0 saturated carbocycles. The molecule has 0 aliphatic heterocycles. The van der Waals surface area contributed by atoms with Crippen LogP contribution in [0.3, 0.4) is 0 Å². The van der Waals surface area contributed by atoms with Gasteiger partial charge in [0.2, 0.25) is 5.16 Å². The number of rotatable bonds is 5. The first-order valence-electron chi connectivity index (χ1n) is 5.46. The molecule has 2 heterocycles. The van der Waals surface area contributed by atoms with Gasteiger partial charge < -0.3 is 4.52 Å². The Hall–Kier alpha value is -1.37. The first-order chi connectivity index (χ1) is 8.15. The van der Waals surface area contributed by atoms with E-state index in [2.05, 4.69) is 34.5 Å². The Morgan fingerprint density at radius 2 is 2.29 bits per heavy atom. The maximum Gasteiger partial charge on any atom is 0.209 e. The van der Waals surface area contributed by atoms with Crippen LogP contribution >= 0.6 is 11.8 Å². The summed E-state index contributed by atoms with van der Waals surface area (Å²) in [6, 6.07) is 1.92. The lowest BCUT2D eigenvalue weighted by Gasteiger charge is -2.05. The number of hydrogen-bond donors (Lipinski definition) is 0. The van der Waals surface area contributed by atoms with E-state index in [1.165, 1.54) is 0 Å². The highest BCUT2D eigenvalue weighted by molar-refractivity contribution is 7.98. The first-order valence-corrected chi connectivity index (χ1v) is 6.45. The van der Waals surface area contributed by atoms with E-state index in [0.717, 1.165) is 28.9 Å². The quantitative estimate of drug-likeness (QED) is 0.758. The zero-order chi connectivity index (χ0) is 12.3. The molecule has 0 atom stereocenters. The van der Waals surface area contributed by atoms with E-state index in [4.69, 9.17) is 4.52 Å². The van der Waals surface area contributed by atoms with Crippen LogP contribution in [-0.4, -0.2) is 25.4 Å². The van der Waals surface area contributed by atoms with E-state index in [0.29, 0.717) is 5.92 Å². The van der Waals surface area contributed by atoms with Gasteiger partial charge in [0.05, 0.1) is 5.69 Å². The molecule has 92 valence electrons. The molecule has 2 aromatic rings. The first kappa shape index (κ1) is 12.1. The van der Waals surface area contributed by atoms with Crippen LogP contribution in [0, 0.1) is 12.8 Å². The van der Waals surface area contributed by atoms with Crippen molar-refractivity contribution in [3.05, 3.63) is 17.5 Å². The van der Waals surface area contributed by atoms with Crippen LogP contribution in [0.1, 0.15) is 25.3 Å². The molecule has 0 amide bonds. The van der Waals surface area contributed by atoms with Crippen molar-refractivity contribution < 1.29 is 4.52 Å². The van der Waals surface area contributed by atoms with Gasteiger partial charge in [0.25, 0.3) is 0 Å². The summed E-state index contributed by atoms with van der Waals surface area (Å²) in [6.07, 6.45) is 0. The normalized spacial score (nSPS) is 11.3. The van der Waals surface area contributed by atoms with Crippen molar-refractivity contribution in [1.29, 1.82) is 0 Å². The zero-order valence-electron chi connectivity index (χ0n) is 10.1. The topological polar surface area (TPSA) is 69.6 Å². The molecular weight excluding hydrogens is 238 g/mol. The van der Waals surface area contributed by atoms with Crippen molar-refractivity contribution in [3.63, 3.8) is 0 Å². The maximum absolute atomic E-state index is 5.01. The summed E-state index contributed by atoms with van der Waals surface area (Å²) in [5.41, 5.74) is 0.909. The van der Waals surface area contributed by atoms with Gasteiger partial charge in [0.1, 0.15) is 5.76 Å². The number of thioether (sulfide) groups is 1. The van der Waals surface area contributed by atoms with E-state index < -0.39 is 0 Å². The molecule has 0 fully saturated rings. The molecule has 0 bridgehead atoms. The summed E-state index contributed by atoms with van der Waals surface area (Å²) in [6.45, 7) is 6.98. The minimum atomic E-state index is 0.521. The smallest absolute Gasteiger partial charge is 0.209 e. The molecule has 0 N–H and O–H groups in total. The molecule has 2 rings (SSSR count). The van der Waals surface area contributed by atoms with Crippen molar-refractivity contribution in [2.45, 2.75) is 38.2 Å². The molecule has 17 heavy (non-hydrogen) atoms. The lowest BCUT2D eigenvalue weighted by atomic mass is 10.2. The lowest BCUT2D eigenvalue weighted by molar-refractivity contribution is 0.392. The predicted octanol–water partition coefficient (Wildman–Crippen LogP) is 1.92. The van der Waals surface area contributed by atoms with E-state index in [1.807, 2.05) is 17.7 Å². The molecule has 0 aliphatic rings. The van der Waals surface area contributed by atoms with Crippen molar-refractivity contribution in [3.8, 4) is 0 Å². The summed E-state index contributed by atoms with van der Waals surface area (Å²) in [5, 5.41) is 16.4. The van der Waals surface area contributed by atoms with E-state index in [-0.39, 0.29) is 0 Å². The highest BCUT2D eigenvalue weighted by Gasteiger charge is 2.09. The van der Waals surface area contributed by atoms with Gasteiger partial charge in [-0.05, 0) is 23.3 Å². The Morgan fingerprint density at radius 1 is 1.47 bits per heavy atom. The fourth-order valence-electron chi connectivity index (χ4n) is 1.38. The Morgan fingerprint density at radius 3 is 2.94 bits per heavy atom. The number of hydrogen-bond acceptors (Lipinski definition) is 6. The van der Waals surface area contributed by atoms with Crippen LogP contribution in [0.25, 0.3) is 0 Å². The number of tetrazole rings is 1. The molecule has 0 unspecified atom stereocenters.